The number of amides is 2. The van der Waals surface area contributed by atoms with Crippen molar-refractivity contribution >= 4 is 60.8 Å². The number of rotatable bonds is 10. The van der Waals surface area contributed by atoms with Crippen LogP contribution in [-0.2, 0) is 24.1 Å². The van der Waals surface area contributed by atoms with E-state index < -0.39 is 18.0 Å². The number of aromatic nitrogens is 2. The molecule has 0 unspecified atom stereocenters. The van der Waals surface area contributed by atoms with Gasteiger partial charge >= 0.3 is 6.09 Å². The van der Waals surface area contributed by atoms with Gasteiger partial charge in [0.05, 0.1) is 16.8 Å². The first kappa shape index (κ1) is 33.3. The first-order chi connectivity index (χ1) is 23.0. The molecule has 0 radical (unpaired) electrons. The van der Waals surface area contributed by atoms with Gasteiger partial charge in [-0.25, -0.2) is 14.8 Å². The molecule has 3 heterocycles. The molecule has 0 aliphatic carbocycles. The fraction of sp³-hybridized carbons (Fsp3) is 0.314. The Morgan fingerprint density at radius 1 is 1.00 bits per heavy atom. The van der Waals surface area contributed by atoms with Crippen LogP contribution in [-0.4, -0.2) is 50.9 Å². The highest BCUT2D eigenvalue weighted by Crippen LogP contribution is 2.35. The van der Waals surface area contributed by atoms with Crippen molar-refractivity contribution in [2.24, 2.45) is 0 Å². The van der Waals surface area contributed by atoms with E-state index in [4.69, 9.17) is 9.47 Å². The lowest BCUT2D eigenvalue weighted by Crippen LogP contribution is -2.32. The molecular weight excluding hydrogens is 651 g/mol. The van der Waals surface area contributed by atoms with Crippen molar-refractivity contribution in [3.8, 4) is 5.75 Å². The van der Waals surface area contributed by atoms with E-state index in [1.807, 2.05) is 42.5 Å². The second-order valence-electron chi connectivity index (χ2n) is 12.3. The van der Waals surface area contributed by atoms with E-state index in [2.05, 4.69) is 25.5 Å². The minimum Gasteiger partial charge on any atom is -0.494 e. The van der Waals surface area contributed by atoms with Gasteiger partial charge in [-0.3, -0.25) is 15.4 Å². The van der Waals surface area contributed by atoms with Crippen LogP contribution >= 0.6 is 22.7 Å². The standard InChI is InChI=1S/C35H37N5O6S2/c1-35(2,3)46-34(44)36-22-10-7-11-23(19-22)45-18-8-15-28-29(31(42)43)38-33(48-28)40-17-16-21-9-6-12-24(25(21)20-40)30(41)39-32-37-26-13-4-5-14-27(26)47-32/h4-7,9-14,19,31,42-43H,8,15-18,20H2,1-3H3,(H,36,44)(H,37,39,41). The summed E-state index contributed by atoms with van der Waals surface area (Å²) in [5.41, 5.74) is 3.62. The van der Waals surface area contributed by atoms with E-state index in [-0.39, 0.29) is 11.6 Å². The first-order valence-electron chi connectivity index (χ1n) is 15.6. The summed E-state index contributed by atoms with van der Waals surface area (Å²) in [4.78, 5) is 37.6. The summed E-state index contributed by atoms with van der Waals surface area (Å²) in [6, 6.07) is 20.6. The van der Waals surface area contributed by atoms with Gasteiger partial charge < -0.3 is 24.6 Å². The molecule has 2 amide bonds. The van der Waals surface area contributed by atoms with Gasteiger partial charge in [0.15, 0.2) is 16.6 Å². The van der Waals surface area contributed by atoms with Gasteiger partial charge in [0.25, 0.3) is 5.91 Å². The van der Waals surface area contributed by atoms with Crippen LogP contribution in [0.3, 0.4) is 0 Å². The molecule has 0 spiro atoms. The van der Waals surface area contributed by atoms with Crippen LogP contribution in [0.15, 0.2) is 66.7 Å². The summed E-state index contributed by atoms with van der Waals surface area (Å²) in [6.45, 7) is 6.91. The monoisotopic (exact) mass is 687 g/mol. The van der Waals surface area contributed by atoms with Crippen LogP contribution in [0.25, 0.3) is 10.2 Å². The van der Waals surface area contributed by atoms with Crippen LogP contribution in [0.1, 0.15) is 65.5 Å². The number of para-hydroxylation sites is 1. The Morgan fingerprint density at radius 3 is 2.60 bits per heavy atom. The topological polar surface area (TPSA) is 146 Å². The number of aliphatic hydroxyl groups excluding tert-OH is 1. The third-order valence-electron chi connectivity index (χ3n) is 7.56. The SMILES string of the molecule is CC(C)(C)OC(=O)Nc1cccc(OCCCc2sc(N3CCc4cccc(C(=O)Nc5nc6ccccc6s5)c4C3)nc2C(O)O)c1. The maximum atomic E-state index is 13.4. The van der Waals surface area contributed by atoms with E-state index in [0.29, 0.717) is 59.8 Å². The molecule has 0 bridgehead atoms. The van der Waals surface area contributed by atoms with Crippen molar-refractivity contribution in [1.29, 1.82) is 0 Å². The van der Waals surface area contributed by atoms with E-state index in [1.165, 1.54) is 22.7 Å². The molecule has 4 N–H and O–H groups in total. The fourth-order valence-electron chi connectivity index (χ4n) is 5.42. The third kappa shape index (κ3) is 8.11. The van der Waals surface area contributed by atoms with Gasteiger partial charge in [0, 0.05) is 35.3 Å². The Balaban J connectivity index is 1.09. The average molecular weight is 688 g/mol. The zero-order valence-electron chi connectivity index (χ0n) is 26.9. The van der Waals surface area contributed by atoms with Crippen LogP contribution in [0.2, 0.25) is 0 Å². The Labute approximate surface area is 286 Å². The number of fused-ring (bicyclic) bond motifs is 2. The molecule has 13 heteroatoms. The molecule has 3 aromatic carbocycles. The van der Waals surface area contributed by atoms with Crippen LogP contribution in [0.4, 0.5) is 20.7 Å². The molecule has 250 valence electrons. The van der Waals surface area contributed by atoms with Gasteiger partial charge in [-0.15, -0.1) is 11.3 Å². The predicted octanol–water partition coefficient (Wildman–Crippen LogP) is 6.91. The quantitative estimate of drug-likeness (QED) is 0.0909. The highest BCUT2D eigenvalue weighted by atomic mass is 32.1. The number of thiazole rings is 2. The van der Waals surface area contributed by atoms with Gasteiger partial charge in [-0.05, 0) is 81.5 Å². The summed E-state index contributed by atoms with van der Waals surface area (Å²) in [6.07, 6.45) is -0.408. The van der Waals surface area contributed by atoms with E-state index in [0.717, 1.165) is 32.6 Å². The molecule has 5 aromatic rings. The molecular formula is C35H37N5O6S2. The lowest BCUT2D eigenvalue weighted by molar-refractivity contribution is -0.0459. The zero-order valence-corrected chi connectivity index (χ0v) is 28.5. The van der Waals surface area contributed by atoms with Crippen LogP contribution < -0.4 is 20.3 Å². The lowest BCUT2D eigenvalue weighted by atomic mass is 9.94. The van der Waals surface area contributed by atoms with Crippen molar-refractivity contribution in [3.63, 3.8) is 0 Å². The van der Waals surface area contributed by atoms with Crippen LogP contribution in [0, 0.1) is 0 Å². The van der Waals surface area contributed by atoms with Gasteiger partial charge in [-0.2, -0.15) is 0 Å². The number of hydrogen-bond donors (Lipinski definition) is 4. The first-order valence-corrected chi connectivity index (χ1v) is 17.3. The number of aliphatic hydroxyl groups is 2. The fourth-order valence-corrected chi connectivity index (χ4v) is 7.43. The molecule has 0 fully saturated rings. The van der Waals surface area contributed by atoms with Gasteiger partial charge in [0.1, 0.15) is 17.0 Å². The largest absolute Gasteiger partial charge is 0.494 e. The molecule has 6 rings (SSSR count). The van der Waals surface area contributed by atoms with E-state index >= 15 is 0 Å². The normalized spacial score (nSPS) is 13.0. The molecule has 1 aliphatic heterocycles. The number of nitrogens with zero attached hydrogens (tertiary/aromatic N) is 3. The Bertz CT molecular complexity index is 1900. The van der Waals surface area contributed by atoms with Crippen molar-refractivity contribution in [1.82, 2.24) is 9.97 Å². The van der Waals surface area contributed by atoms with Gasteiger partial charge in [0.2, 0.25) is 0 Å². The van der Waals surface area contributed by atoms with Crippen molar-refractivity contribution < 1.29 is 29.3 Å². The summed E-state index contributed by atoms with van der Waals surface area (Å²) in [5, 5.41) is 27.2. The number of hydrogen-bond acceptors (Lipinski definition) is 11. The number of anilines is 3. The number of nitrogens with one attached hydrogen (secondary N) is 2. The molecule has 0 atom stereocenters. The summed E-state index contributed by atoms with van der Waals surface area (Å²) >= 11 is 2.85. The molecule has 48 heavy (non-hydrogen) atoms. The molecule has 2 aromatic heterocycles. The van der Waals surface area contributed by atoms with Crippen molar-refractivity contribution in [2.75, 3.05) is 28.7 Å². The Kier molecular flexibility index (Phi) is 9.92. The average Bonchev–Trinajstić information content (AvgIpc) is 3.66. The number of benzene rings is 3. The van der Waals surface area contributed by atoms with Gasteiger partial charge in [-0.1, -0.05) is 41.7 Å². The Hall–Kier alpha value is -4.56. The lowest BCUT2D eigenvalue weighted by Gasteiger charge is -2.29. The van der Waals surface area contributed by atoms with Crippen LogP contribution in [0.5, 0.6) is 5.75 Å². The maximum Gasteiger partial charge on any atom is 0.412 e. The molecule has 1 aliphatic rings. The van der Waals surface area contributed by atoms with Crippen molar-refractivity contribution in [3.05, 3.63) is 94.0 Å². The zero-order chi connectivity index (χ0) is 33.8. The second-order valence-corrected chi connectivity index (χ2v) is 14.4. The molecule has 0 saturated carbocycles. The van der Waals surface area contributed by atoms with Crippen molar-refractivity contribution in [2.45, 2.75) is 58.5 Å². The highest BCUT2D eigenvalue weighted by molar-refractivity contribution is 7.22. The smallest absolute Gasteiger partial charge is 0.412 e. The predicted molar refractivity (Wildman–Crippen MR) is 188 cm³/mol. The van der Waals surface area contributed by atoms with E-state index in [9.17, 15) is 19.8 Å². The third-order valence-corrected chi connectivity index (χ3v) is 9.70. The molecule has 0 saturated heterocycles. The summed E-state index contributed by atoms with van der Waals surface area (Å²) in [5.74, 6) is 0.371. The second kappa shape index (κ2) is 14.3. The van der Waals surface area contributed by atoms with E-state index in [1.54, 1.807) is 45.0 Å². The number of aryl methyl sites for hydroxylation is 1. The minimum atomic E-state index is -1.71. The number of ether oxygens (including phenoxy) is 2. The highest BCUT2D eigenvalue weighted by Gasteiger charge is 2.26. The minimum absolute atomic E-state index is 0.217. The Morgan fingerprint density at radius 2 is 1.81 bits per heavy atom. The number of carbonyl (C=O) groups is 2. The summed E-state index contributed by atoms with van der Waals surface area (Å²) < 4.78 is 12.2. The maximum absolute atomic E-state index is 13.4. The summed E-state index contributed by atoms with van der Waals surface area (Å²) in [7, 11) is 0. The molecule has 11 nitrogen and oxygen atoms in total. The number of carbonyl (C=O) groups excluding carboxylic acids is 2.